The van der Waals surface area contributed by atoms with E-state index < -0.39 is 11.9 Å². The van der Waals surface area contributed by atoms with Crippen molar-refractivity contribution in [1.29, 1.82) is 0 Å². The van der Waals surface area contributed by atoms with E-state index in [4.69, 9.17) is 4.98 Å². The minimum absolute atomic E-state index is 0.124. The van der Waals surface area contributed by atoms with Gasteiger partial charge in [-0.3, -0.25) is 0 Å². The van der Waals surface area contributed by atoms with Crippen LogP contribution in [0.15, 0.2) is 18.3 Å². The summed E-state index contributed by atoms with van der Waals surface area (Å²) in [5, 5.41) is 0. The average molecular weight is 407 g/mol. The summed E-state index contributed by atoms with van der Waals surface area (Å²) in [5.41, 5.74) is -0.899. The highest BCUT2D eigenvalue weighted by atomic mass is 19.4. The molecular weight excluding hydrogens is 383 g/mol. The fourth-order valence-electron chi connectivity index (χ4n) is 3.79. The van der Waals surface area contributed by atoms with E-state index in [2.05, 4.69) is 24.8 Å². The van der Waals surface area contributed by atoms with Gasteiger partial charge in [-0.05, 0) is 32.3 Å². The molecule has 0 atom stereocenters. The van der Waals surface area contributed by atoms with E-state index in [0.29, 0.717) is 32.0 Å². The van der Waals surface area contributed by atoms with E-state index in [-0.39, 0.29) is 5.82 Å². The molecule has 4 rings (SSSR count). The third kappa shape index (κ3) is 4.51. The molecule has 0 bridgehead atoms. The third-order valence-corrected chi connectivity index (χ3v) is 5.31. The minimum atomic E-state index is -4.48. The molecule has 2 aliphatic rings. The predicted octanol–water partition coefficient (Wildman–Crippen LogP) is 2.91. The van der Waals surface area contributed by atoms with Gasteiger partial charge in [-0.1, -0.05) is 0 Å². The molecule has 0 saturated carbocycles. The second-order valence-corrected chi connectivity index (χ2v) is 7.39. The van der Waals surface area contributed by atoms with Crippen molar-refractivity contribution in [2.45, 2.75) is 32.4 Å². The Hall–Kier alpha value is -2.65. The number of hydrogen-bond acceptors (Lipinski definition) is 7. The molecule has 0 aromatic carbocycles. The zero-order chi connectivity index (χ0) is 20.4. The van der Waals surface area contributed by atoms with Crippen LogP contribution in [0.3, 0.4) is 0 Å². The summed E-state index contributed by atoms with van der Waals surface area (Å²) in [6, 6.07) is 2.92. The Morgan fingerprint density at radius 2 is 1.45 bits per heavy atom. The molecule has 2 aromatic rings. The van der Waals surface area contributed by atoms with E-state index in [9.17, 15) is 13.2 Å². The number of hydrogen-bond donors (Lipinski definition) is 0. The zero-order valence-corrected chi connectivity index (χ0v) is 16.4. The Morgan fingerprint density at radius 1 is 0.793 bits per heavy atom. The maximum Gasteiger partial charge on any atom is 0.433 e. The molecule has 2 aliphatic heterocycles. The number of anilines is 3. The van der Waals surface area contributed by atoms with E-state index in [1.165, 1.54) is 13.3 Å². The van der Waals surface area contributed by atoms with Gasteiger partial charge in [0.15, 0.2) is 0 Å². The maximum atomic E-state index is 13.1. The van der Waals surface area contributed by atoms with Crippen LogP contribution in [0.4, 0.5) is 30.8 Å². The van der Waals surface area contributed by atoms with Crippen LogP contribution in [0.2, 0.25) is 0 Å². The molecule has 0 unspecified atom stereocenters. The summed E-state index contributed by atoms with van der Waals surface area (Å²) in [6.45, 7) is 5.88. The number of aryl methyl sites for hydroxylation is 1. The Bertz CT molecular complexity index is 844. The maximum absolute atomic E-state index is 13.1. The smallest absolute Gasteiger partial charge is 0.353 e. The molecule has 2 aromatic heterocycles. The van der Waals surface area contributed by atoms with Crippen LogP contribution in [0.25, 0.3) is 0 Å². The largest absolute Gasteiger partial charge is 0.433 e. The molecule has 10 heteroatoms. The molecule has 2 saturated heterocycles. The number of rotatable bonds is 3. The fourth-order valence-corrected chi connectivity index (χ4v) is 3.79. The lowest BCUT2D eigenvalue weighted by atomic mass is 10.1. The van der Waals surface area contributed by atoms with Gasteiger partial charge in [-0.15, -0.1) is 0 Å². The van der Waals surface area contributed by atoms with Gasteiger partial charge in [-0.25, -0.2) is 15.0 Å². The van der Waals surface area contributed by atoms with Gasteiger partial charge in [0, 0.05) is 51.5 Å². The van der Waals surface area contributed by atoms with Gasteiger partial charge in [0.1, 0.15) is 23.2 Å². The van der Waals surface area contributed by atoms with Crippen molar-refractivity contribution >= 4 is 17.6 Å². The number of piperidine rings is 1. The first kappa shape index (κ1) is 19.7. The molecule has 0 aliphatic carbocycles. The Kier molecular flexibility index (Phi) is 5.42. The van der Waals surface area contributed by atoms with Crippen molar-refractivity contribution < 1.29 is 13.2 Å². The zero-order valence-electron chi connectivity index (χ0n) is 16.4. The van der Waals surface area contributed by atoms with E-state index >= 15 is 0 Å². The highest BCUT2D eigenvalue weighted by Crippen LogP contribution is 2.30. The number of piperazine rings is 1. The minimum Gasteiger partial charge on any atom is -0.353 e. The highest BCUT2D eigenvalue weighted by Gasteiger charge is 2.34. The summed E-state index contributed by atoms with van der Waals surface area (Å²) in [7, 11) is 0. The van der Waals surface area contributed by atoms with Crippen molar-refractivity contribution in [3.05, 3.63) is 29.8 Å². The first-order chi connectivity index (χ1) is 13.9. The topological polar surface area (TPSA) is 61.3 Å². The Balaban J connectivity index is 1.44. The first-order valence-corrected chi connectivity index (χ1v) is 9.91. The standard InChI is InChI=1S/C19H24F3N7/c1-14-24-15(19(20,21)22)13-17(25-14)28-11-9-27(10-12-28)16-5-6-23-18(26-16)29-7-3-2-4-8-29/h5-6,13H,2-4,7-12H2,1H3. The molecule has 0 amide bonds. The van der Waals surface area contributed by atoms with Crippen LogP contribution in [-0.4, -0.2) is 59.2 Å². The van der Waals surface area contributed by atoms with E-state index in [1.807, 2.05) is 11.0 Å². The molecule has 0 spiro atoms. The lowest BCUT2D eigenvalue weighted by Gasteiger charge is -2.36. The van der Waals surface area contributed by atoms with E-state index in [0.717, 1.165) is 43.8 Å². The lowest BCUT2D eigenvalue weighted by Crippen LogP contribution is -2.47. The molecule has 156 valence electrons. The third-order valence-electron chi connectivity index (χ3n) is 5.31. The molecule has 29 heavy (non-hydrogen) atoms. The summed E-state index contributed by atoms with van der Waals surface area (Å²) < 4.78 is 39.2. The Labute approximate surface area is 167 Å². The normalized spacial score (nSPS) is 18.3. The lowest BCUT2D eigenvalue weighted by molar-refractivity contribution is -0.141. The fraction of sp³-hybridized carbons (Fsp3) is 0.579. The van der Waals surface area contributed by atoms with Gasteiger partial charge < -0.3 is 14.7 Å². The quantitative estimate of drug-likeness (QED) is 0.775. The van der Waals surface area contributed by atoms with Crippen molar-refractivity contribution in [1.82, 2.24) is 19.9 Å². The second kappa shape index (κ2) is 8.00. The van der Waals surface area contributed by atoms with Crippen molar-refractivity contribution in [3.63, 3.8) is 0 Å². The van der Waals surface area contributed by atoms with Crippen molar-refractivity contribution in [2.75, 3.05) is 54.0 Å². The number of aromatic nitrogens is 4. The monoisotopic (exact) mass is 407 g/mol. The molecule has 2 fully saturated rings. The van der Waals surface area contributed by atoms with Gasteiger partial charge in [0.2, 0.25) is 5.95 Å². The molecular formula is C19H24F3N7. The SMILES string of the molecule is Cc1nc(N2CCN(c3ccnc(N4CCCCC4)n3)CC2)cc(C(F)(F)F)n1. The second-order valence-electron chi connectivity index (χ2n) is 7.39. The van der Waals surface area contributed by atoms with Crippen LogP contribution in [0.5, 0.6) is 0 Å². The van der Waals surface area contributed by atoms with Crippen LogP contribution >= 0.6 is 0 Å². The molecule has 0 radical (unpaired) electrons. The molecule has 4 heterocycles. The van der Waals surface area contributed by atoms with Gasteiger partial charge in [-0.2, -0.15) is 18.2 Å². The van der Waals surface area contributed by atoms with Gasteiger partial charge in [0.25, 0.3) is 0 Å². The van der Waals surface area contributed by atoms with Gasteiger partial charge in [0.05, 0.1) is 0 Å². The molecule has 7 nitrogen and oxygen atoms in total. The first-order valence-electron chi connectivity index (χ1n) is 9.91. The summed E-state index contributed by atoms with van der Waals surface area (Å²) in [4.78, 5) is 23.1. The summed E-state index contributed by atoms with van der Waals surface area (Å²) in [6.07, 6.45) is 0.865. The van der Waals surface area contributed by atoms with E-state index in [1.54, 1.807) is 6.20 Å². The summed E-state index contributed by atoms with van der Waals surface area (Å²) in [5.74, 6) is 2.06. The predicted molar refractivity (Wildman–Crippen MR) is 104 cm³/mol. The average Bonchev–Trinajstić information content (AvgIpc) is 2.73. The number of alkyl halides is 3. The van der Waals surface area contributed by atoms with Crippen LogP contribution in [0, 0.1) is 6.92 Å². The van der Waals surface area contributed by atoms with Crippen molar-refractivity contribution in [3.8, 4) is 0 Å². The number of halogens is 3. The van der Waals surface area contributed by atoms with Crippen LogP contribution < -0.4 is 14.7 Å². The summed E-state index contributed by atoms with van der Waals surface area (Å²) >= 11 is 0. The van der Waals surface area contributed by atoms with Crippen LogP contribution in [0.1, 0.15) is 30.8 Å². The van der Waals surface area contributed by atoms with Crippen molar-refractivity contribution in [2.24, 2.45) is 0 Å². The number of nitrogens with zero attached hydrogens (tertiary/aromatic N) is 7. The van der Waals surface area contributed by atoms with Crippen LogP contribution in [-0.2, 0) is 6.18 Å². The highest BCUT2D eigenvalue weighted by molar-refractivity contribution is 5.48. The van der Waals surface area contributed by atoms with Gasteiger partial charge >= 0.3 is 6.18 Å². The Morgan fingerprint density at radius 3 is 2.10 bits per heavy atom. The molecule has 0 N–H and O–H groups in total.